The van der Waals surface area contributed by atoms with Crippen molar-refractivity contribution in [1.29, 1.82) is 0 Å². The number of halogens is 1. The molecule has 6 nitrogen and oxygen atoms in total. The number of pyridine rings is 1. The van der Waals surface area contributed by atoms with Crippen LogP contribution in [0, 0.1) is 0 Å². The fraction of sp³-hybridized carbons (Fsp3) is 0.158. The van der Waals surface area contributed by atoms with Crippen LogP contribution in [0.5, 0.6) is 11.5 Å². The lowest BCUT2D eigenvalue weighted by Gasteiger charge is -2.18. The van der Waals surface area contributed by atoms with Crippen LogP contribution in [0.2, 0.25) is 5.02 Å². The number of rotatable bonds is 4. The van der Waals surface area contributed by atoms with Gasteiger partial charge in [0.15, 0.2) is 0 Å². The summed E-state index contributed by atoms with van der Waals surface area (Å²) < 4.78 is 6.56. The first-order valence-corrected chi connectivity index (χ1v) is 8.16. The van der Waals surface area contributed by atoms with E-state index in [0.717, 1.165) is 0 Å². The fourth-order valence-electron chi connectivity index (χ4n) is 2.84. The third-order valence-corrected chi connectivity index (χ3v) is 4.47. The first kappa shape index (κ1) is 17.8. The number of carboxylic acids is 1. The Labute approximate surface area is 153 Å². The first-order valence-electron chi connectivity index (χ1n) is 7.78. The second-order valence-corrected chi connectivity index (χ2v) is 6.28. The molecule has 2 aromatic carbocycles. The minimum atomic E-state index is -1.07. The van der Waals surface area contributed by atoms with E-state index in [1.165, 1.54) is 36.9 Å². The highest BCUT2D eigenvalue weighted by molar-refractivity contribution is 6.30. The van der Waals surface area contributed by atoms with E-state index in [9.17, 15) is 19.8 Å². The monoisotopic (exact) mass is 373 g/mol. The lowest BCUT2D eigenvalue weighted by molar-refractivity contribution is -0.140. The van der Waals surface area contributed by atoms with Crippen molar-refractivity contribution < 1.29 is 19.7 Å². The Morgan fingerprint density at radius 2 is 2.00 bits per heavy atom. The molecule has 0 bridgehead atoms. The number of carbonyl (C=O) groups is 1. The number of hydrogen-bond acceptors (Lipinski definition) is 4. The van der Waals surface area contributed by atoms with Crippen LogP contribution in [0.1, 0.15) is 13.0 Å². The average molecular weight is 374 g/mol. The van der Waals surface area contributed by atoms with Gasteiger partial charge in [-0.05, 0) is 24.6 Å². The van der Waals surface area contributed by atoms with Crippen LogP contribution in [-0.4, -0.2) is 27.9 Å². The van der Waals surface area contributed by atoms with Gasteiger partial charge >= 0.3 is 5.97 Å². The number of fused-ring (bicyclic) bond motifs is 1. The Morgan fingerprint density at radius 3 is 2.62 bits per heavy atom. The lowest BCUT2D eigenvalue weighted by atomic mass is 10.0. The molecule has 0 aliphatic heterocycles. The summed E-state index contributed by atoms with van der Waals surface area (Å²) in [6.45, 7) is 1.49. The summed E-state index contributed by atoms with van der Waals surface area (Å²) in [5, 5.41) is 20.3. The van der Waals surface area contributed by atoms with Crippen LogP contribution in [0.3, 0.4) is 0 Å². The quantitative estimate of drug-likeness (QED) is 0.728. The lowest BCUT2D eigenvalue weighted by Crippen LogP contribution is -2.20. The van der Waals surface area contributed by atoms with Gasteiger partial charge in [0, 0.05) is 28.9 Å². The largest absolute Gasteiger partial charge is 0.507 e. The maximum absolute atomic E-state index is 13.0. The van der Waals surface area contributed by atoms with Crippen molar-refractivity contribution in [3.63, 3.8) is 0 Å². The van der Waals surface area contributed by atoms with Gasteiger partial charge in [0.2, 0.25) is 5.43 Å². The molecule has 0 amide bonds. The number of phenols is 1. The molecule has 0 saturated carbocycles. The second kappa shape index (κ2) is 6.72. The van der Waals surface area contributed by atoms with E-state index in [0.29, 0.717) is 16.3 Å². The number of carboxylic acid groups (broad SMARTS) is 1. The highest BCUT2D eigenvalue weighted by Crippen LogP contribution is 2.32. The Kier molecular flexibility index (Phi) is 4.61. The summed E-state index contributed by atoms with van der Waals surface area (Å²) in [5.41, 5.74) is 0.628. The number of aromatic nitrogens is 1. The normalized spacial score (nSPS) is 12.1. The molecule has 3 rings (SSSR count). The zero-order valence-electron chi connectivity index (χ0n) is 14.1. The van der Waals surface area contributed by atoms with Crippen LogP contribution < -0.4 is 10.2 Å². The van der Waals surface area contributed by atoms with Crippen LogP contribution in [-0.2, 0) is 4.79 Å². The summed E-state index contributed by atoms with van der Waals surface area (Å²) in [6, 6.07) is 8.56. The van der Waals surface area contributed by atoms with Gasteiger partial charge in [0.05, 0.1) is 18.0 Å². The maximum atomic E-state index is 13.0. The third-order valence-electron chi connectivity index (χ3n) is 4.23. The summed E-state index contributed by atoms with van der Waals surface area (Å²) in [4.78, 5) is 24.6. The molecule has 3 aromatic rings. The first-order chi connectivity index (χ1) is 12.3. The second-order valence-electron chi connectivity index (χ2n) is 5.84. The van der Waals surface area contributed by atoms with Crippen molar-refractivity contribution in [2.75, 3.05) is 7.11 Å². The van der Waals surface area contributed by atoms with Gasteiger partial charge < -0.3 is 19.5 Å². The maximum Gasteiger partial charge on any atom is 0.326 e. The zero-order valence-corrected chi connectivity index (χ0v) is 14.8. The molecule has 0 radical (unpaired) electrons. The van der Waals surface area contributed by atoms with Gasteiger partial charge in [-0.1, -0.05) is 23.7 Å². The number of hydrogen-bond donors (Lipinski definition) is 2. The van der Waals surface area contributed by atoms with Gasteiger partial charge in [-0.15, -0.1) is 0 Å². The van der Waals surface area contributed by atoms with Gasteiger partial charge in [-0.3, -0.25) is 4.79 Å². The van der Waals surface area contributed by atoms with Crippen molar-refractivity contribution in [2.24, 2.45) is 0 Å². The third kappa shape index (κ3) is 2.99. The van der Waals surface area contributed by atoms with E-state index in [4.69, 9.17) is 16.3 Å². The van der Waals surface area contributed by atoms with Gasteiger partial charge in [-0.25, -0.2) is 4.79 Å². The van der Waals surface area contributed by atoms with Gasteiger partial charge in [0.1, 0.15) is 17.5 Å². The van der Waals surface area contributed by atoms with Gasteiger partial charge in [0.25, 0.3) is 0 Å². The molecule has 0 spiro atoms. The van der Waals surface area contributed by atoms with Crippen molar-refractivity contribution >= 4 is 28.5 Å². The highest BCUT2D eigenvalue weighted by Gasteiger charge is 2.21. The van der Waals surface area contributed by atoms with Crippen molar-refractivity contribution in [3.05, 3.63) is 57.8 Å². The topological polar surface area (TPSA) is 88.8 Å². The summed E-state index contributed by atoms with van der Waals surface area (Å²) in [7, 11) is 1.42. The fourth-order valence-corrected chi connectivity index (χ4v) is 3.03. The Bertz CT molecular complexity index is 1070. The predicted octanol–water partition coefficient (Wildman–Crippen LogP) is 3.68. The molecule has 1 unspecified atom stereocenters. The number of phenolic OH excluding ortho intramolecular Hbond substituents is 1. The number of methoxy groups -OCH3 is 1. The van der Waals surface area contributed by atoms with E-state index < -0.39 is 17.4 Å². The summed E-state index contributed by atoms with van der Waals surface area (Å²) >= 11 is 6.02. The standard InChI is InChI=1S/C19H16ClNO5/c1-10(19(24)25)21-9-14(11-4-3-5-12(20)6-11)18(23)17-15(21)7-13(26-2)8-16(17)22/h3-10,22H,1-2H3,(H,24,25). The average Bonchev–Trinajstić information content (AvgIpc) is 2.60. The summed E-state index contributed by atoms with van der Waals surface area (Å²) in [6.07, 6.45) is 1.47. The minimum Gasteiger partial charge on any atom is -0.507 e. The van der Waals surface area contributed by atoms with E-state index in [-0.39, 0.29) is 22.2 Å². The molecule has 1 aromatic heterocycles. The van der Waals surface area contributed by atoms with Crippen LogP contribution in [0.4, 0.5) is 0 Å². The molecular formula is C19H16ClNO5. The molecule has 134 valence electrons. The Hall–Kier alpha value is -2.99. The Balaban J connectivity index is 2.45. The Morgan fingerprint density at radius 1 is 1.27 bits per heavy atom. The predicted molar refractivity (Wildman–Crippen MR) is 99.2 cm³/mol. The number of aromatic hydroxyl groups is 1. The number of benzene rings is 2. The van der Waals surface area contributed by atoms with Crippen molar-refractivity contribution in [2.45, 2.75) is 13.0 Å². The number of aliphatic carboxylic acids is 1. The van der Waals surface area contributed by atoms with Crippen LogP contribution >= 0.6 is 11.6 Å². The SMILES string of the molecule is COc1cc(O)c2c(=O)c(-c3cccc(Cl)c3)cn(C(C)C(=O)O)c2c1. The smallest absolute Gasteiger partial charge is 0.326 e. The van der Waals surface area contributed by atoms with E-state index in [2.05, 4.69) is 0 Å². The molecular weight excluding hydrogens is 358 g/mol. The van der Waals surface area contributed by atoms with E-state index in [1.54, 1.807) is 24.3 Å². The molecule has 0 saturated heterocycles. The zero-order chi connectivity index (χ0) is 19.0. The van der Waals surface area contributed by atoms with Crippen molar-refractivity contribution in [1.82, 2.24) is 4.57 Å². The van der Waals surface area contributed by atoms with E-state index >= 15 is 0 Å². The van der Waals surface area contributed by atoms with Crippen LogP contribution in [0.15, 0.2) is 47.4 Å². The highest BCUT2D eigenvalue weighted by atomic mass is 35.5. The van der Waals surface area contributed by atoms with Crippen molar-refractivity contribution in [3.8, 4) is 22.6 Å². The molecule has 1 atom stereocenters. The van der Waals surface area contributed by atoms with Gasteiger partial charge in [-0.2, -0.15) is 0 Å². The van der Waals surface area contributed by atoms with E-state index in [1.807, 2.05) is 0 Å². The number of nitrogens with zero attached hydrogens (tertiary/aromatic N) is 1. The number of ether oxygens (including phenoxy) is 1. The molecule has 0 aliphatic rings. The van der Waals surface area contributed by atoms with Crippen LogP contribution in [0.25, 0.3) is 22.0 Å². The molecule has 7 heteroatoms. The summed E-state index contributed by atoms with van der Waals surface area (Å²) in [5.74, 6) is -1.04. The molecule has 0 aliphatic carbocycles. The minimum absolute atomic E-state index is 0.0244. The molecule has 0 fully saturated rings. The molecule has 2 N–H and O–H groups in total. The molecule has 26 heavy (non-hydrogen) atoms. The molecule has 1 heterocycles.